The molecule has 0 spiro atoms. The fourth-order valence-corrected chi connectivity index (χ4v) is 3.07. The van der Waals surface area contributed by atoms with Gasteiger partial charge in [0.15, 0.2) is 0 Å². The van der Waals surface area contributed by atoms with Gasteiger partial charge in [-0.15, -0.1) is 0 Å². The quantitative estimate of drug-likeness (QED) is 0.787. The lowest BCUT2D eigenvalue weighted by atomic mass is 9.65. The van der Waals surface area contributed by atoms with Crippen molar-refractivity contribution in [2.75, 3.05) is 6.54 Å². The van der Waals surface area contributed by atoms with Gasteiger partial charge >= 0.3 is 0 Å². The highest BCUT2D eigenvalue weighted by atomic mass is 16.3. The molecule has 0 bridgehead atoms. The number of rotatable bonds is 2. The van der Waals surface area contributed by atoms with Crippen molar-refractivity contribution in [1.29, 1.82) is 0 Å². The molecule has 1 saturated heterocycles. The Labute approximate surface area is 108 Å². The molecular weight excluding hydrogens is 226 g/mol. The SMILES string of the molecule is Cc1ccc(O)cc1[C@]1(C)CCNC(C=O)[C@@H]1C. The Kier molecular flexibility index (Phi) is 3.44. The summed E-state index contributed by atoms with van der Waals surface area (Å²) in [5.74, 6) is 0.509. The van der Waals surface area contributed by atoms with Gasteiger partial charge < -0.3 is 15.2 Å². The maximum atomic E-state index is 11.1. The van der Waals surface area contributed by atoms with Crippen molar-refractivity contribution in [3.05, 3.63) is 29.3 Å². The smallest absolute Gasteiger partial charge is 0.137 e. The number of nitrogens with one attached hydrogen (secondary N) is 1. The van der Waals surface area contributed by atoms with Gasteiger partial charge in [-0.1, -0.05) is 19.9 Å². The van der Waals surface area contributed by atoms with Gasteiger partial charge in [0.25, 0.3) is 0 Å². The van der Waals surface area contributed by atoms with Gasteiger partial charge in [0.1, 0.15) is 12.0 Å². The third-order valence-corrected chi connectivity index (χ3v) is 4.55. The van der Waals surface area contributed by atoms with Crippen molar-refractivity contribution in [2.45, 2.75) is 38.6 Å². The summed E-state index contributed by atoms with van der Waals surface area (Å²) in [5, 5.41) is 13.0. The van der Waals surface area contributed by atoms with Crippen LogP contribution in [0.15, 0.2) is 18.2 Å². The van der Waals surface area contributed by atoms with E-state index in [9.17, 15) is 9.90 Å². The first-order valence-corrected chi connectivity index (χ1v) is 6.48. The fraction of sp³-hybridized carbons (Fsp3) is 0.533. The van der Waals surface area contributed by atoms with Crippen LogP contribution in [0.1, 0.15) is 31.4 Å². The number of phenolic OH excluding ortho intramolecular Hbond substituents is 1. The molecule has 1 unspecified atom stereocenters. The minimum atomic E-state index is -0.106. The Hall–Kier alpha value is -1.35. The molecular formula is C15H21NO2. The average molecular weight is 247 g/mol. The summed E-state index contributed by atoms with van der Waals surface area (Å²) in [4.78, 5) is 11.1. The third kappa shape index (κ3) is 2.03. The summed E-state index contributed by atoms with van der Waals surface area (Å²) in [6, 6.07) is 5.40. The molecule has 1 aromatic rings. The van der Waals surface area contributed by atoms with Crippen LogP contribution in [0.25, 0.3) is 0 Å². The molecule has 3 atom stereocenters. The van der Waals surface area contributed by atoms with Gasteiger partial charge in [0.05, 0.1) is 6.04 Å². The molecule has 0 aliphatic carbocycles. The monoisotopic (exact) mass is 247 g/mol. The van der Waals surface area contributed by atoms with E-state index in [-0.39, 0.29) is 17.4 Å². The molecule has 98 valence electrons. The summed E-state index contributed by atoms with van der Waals surface area (Å²) in [6.45, 7) is 7.19. The molecule has 1 aromatic carbocycles. The maximum Gasteiger partial charge on any atom is 0.137 e. The van der Waals surface area contributed by atoms with E-state index in [1.54, 1.807) is 6.07 Å². The summed E-state index contributed by atoms with van der Waals surface area (Å²) >= 11 is 0. The highest BCUT2D eigenvalue weighted by molar-refractivity contribution is 5.59. The summed E-state index contributed by atoms with van der Waals surface area (Å²) < 4.78 is 0. The Morgan fingerprint density at radius 2 is 2.22 bits per heavy atom. The second kappa shape index (κ2) is 4.73. The van der Waals surface area contributed by atoms with Crippen molar-refractivity contribution >= 4 is 6.29 Å². The van der Waals surface area contributed by atoms with Crippen LogP contribution in [0, 0.1) is 12.8 Å². The molecule has 0 radical (unpaired) electrons. The van der Waals surface area contributed by atoms with E-state index in [1.807, 2.05) is 12.1 Å². The maximum absolute atomic E-state index is 11.1. The minimum absolute atomic E-state index is 0.0698. The molecule has 2 rings (SSSR count). The third-order valence-electron chi connectivity index (χ3n) is 4.55. The highest BCUT2D eigenvalue weighted by Crippen LogP contribution is 2.41. The minimum Gasteiger partial charge on any atom is -0.508 e. The topological polar surface area (TPSA) is 49.3 Å². The second-order valence-electron chi connectivity index (χ2n) is 5.57. The lowest BCUT2D eigenvalue weighted by molar-refractivity contribution is -0.111. The van der Waals surface area contributed by atoms with Crippen LogP contribution in [0.3, 0.4) is 0 Å². The summed E-state index contributed by atoms with van der Waals surface area (Å²) in [7, 11) is 0. The fourth-order valence-electron chi connectivity index (χ4n) is 3.07. The molecule has 1 aliphatic heterocycles. The van der Waals surface area contributed by atoms with Crippen molar-refractivity contribution in [2.24, 2.45) is 5.92 Å². The number of hydrogen-bond donors (Lipinski definition) is 2. The van der Waals surface area contributed by atoms with E-state index in [1.165, 1.54) is 5.56 Å². The van der Waals surface area contributed by atoms with E-state index >= 15 is 0 Å². The predicted molar refractivity (Wildman–Crippen MR) is 71.8 cm³/mol. The highest BCUT2D eigenvalue weighted by Gasteiger charge is 2.41. The number of piperidine rings is 1. The largest absolute Gasteiger partial charge is 0.508 e. The average Bonchev–Trinajstić information content (AvgIpc) is 2.36. The first-order valence-electron chi connectivity index (χ1n) is 6.48. The molecule has 3 heteroatoms. The van der Waals surface area contributed by atoms with Crippen LogP contribution in [0.2, 0.25) is 0 Å². The van der Waals surface area contributed by atoms with E-state index in [0.717, 1.165) is 24.8 Å². The number of aldehydes is 1. The van der Waals surface area contributed by atoms with Gasteiger partial charge in [-0.05, 0) is 54.5 Å². The predicted octanol–water partition coefficient (Wildman–Crippen LogP) is 2.16. The van der Waals surface area contributed by atoms with Crippen molar-refractivity contribution < 1.29 is 9.90 Å². The number of hydrogen-bond acceptors (Lipinski definition) is 3. The molecule has 1 heterocycles. The van der Waals surface area contributed by atoms with Crippen LogP contribution in [0.4, 0.5) is 0 Å². The number of carbonyl (C=O) groups is 1. The number of aromatic hydroxyl groups is 1. The van der Waals surface area contributed by atoms with Gasteiger partial charge in [0, 0.05) is 0 Å². The van der Waals surface area contributed by atoms with Gasteiger partial charge in [-0.2, -0.15) is 0 Å². The zero-order valence-electron chi connectivity index (χ0n) is 11.2. The first kappa shape index (κ1) is 13.1. The lowest BCUT2D eigenvalue weighted by Crippen LogP contribution is -2.52. The van der Waals surface area contributed by atoms with Gasteiger partial charge in [-0.25, -0.2) is 0 Å². The zero-order chi connectivity index (χ0) is 13.3. The van der Waals surface area contributed by atoms with E-state index < -0.39 is 0 Å². The number of phenols is 1. The molecule has 0 amide bonds. The zero-order valence-corrected chi connectivity index (χ0v) is 11.2. The van der Waals surface area contributed by atoms with Crippen molar-refractivity contribution in [3.63, 3.8) is 0 Å². The van der Waals surface area contributed by atoms with Crippen molar-refractivity contribution in [3.8, 4) is 5.75 Å². The Morgan fingerprint density at radius 1 is 1.50 bits per heavy atom. The Balaban J connectivity index is 2.46. The second-order valence-corrected chi connectivity index (χ2v) is 5.57. The molecule has 1 fully saturated rings. The standard InChI is InChI=1S/C15H21NO2/c1-10-4-5-12(18)8-13(10)15(3)6-7-16-14(9-17)11(15)2/h4-5,8-9,11,14,16,18H,6-7H2,1-3H3/t11-,14?,15+/m0/s1. The molecule has 3 nitrogen and oxygen atoms in total. The van der Waals surface area contributed by atoms with E-state index in [2.05, 4.69) is 26.1 Å². The number of aryl methyl sites for hydroxylation is 1. The molecule has 1 aliphatic rings. The number of benzene rings is 1. The van der Waals surface area contributed by atoms with E-state index in [4.69, 9.17) is 0 Å². The van der Waals surface area contributed by atoms with Gasteiger partial charge in [-0.3, -0.25) is 0 Å². The van der Waals surface area contributed by atoms with Crippen LogP contribution in [-0.2, 0) is 10.2 Å². The van der Waals surface area contributed by atoms with Crippen LogP contribution in [-0.4, -0.2) is 24.0 Å². The van der Waals surface area contributed by atoms with Gasteiger partial charge in [0.2, 0.25) is 0 Å². The summed E-state index contributed by atoms with van der Waals surface area (Å²) in [6.07, 6.45) is 1.98. The first-order chi connectivity index (χ1) is 8.49. The lowest BCUT2D eigenvalue weighted by Gasteiger charge is -2.44. The summed E-state index contributed by atoms with van der Waals surface area (Å²) in [5.41, 5.74) is 2.26. The van der Waals surface area contributed by atoms with Crippen molar-refractivity contribution in [1.82, 2.24) is 5.32 Å². The van der Waals surface area contributed by atoms with E-state index in [0.29, 0.717) is 5.75 Å². The molecule has 18 heavy (non-hydrogen) atoms. The Morgan fingerprint density at radius 3 is 2.89 bits per heavy atom. The molecule has 0 aromatic heterocycles. The number of carbonyl (C=O) groups excluding carboxylic acids is 1. The molecule has 0 saturated carbocycles. The normalized spacial score (nSPS) is 32.2. The van der Waals surface area contributed by atoms with Crippen LogP contribution in [0.5, 0.6) is 5.75 Å². The molecule has 2 N–H and O–H groups in total. The van der Waals surface area contributed by atoms with Crippen LogP contribution >= 0.6 is 0 Å². The van der Waals surface area contributed by atoms with Crippen LogP contribution < -0.4 is 5.32 Å². The Bertz CT molecular complexity index is 458.